The van der Waals surface area contributed by atoms with Gasteiger partial charge in [-0.05, 0) is 6.42 Å². The molecule has 0 saturated carbocycles. The van der Waals surface area contributed by atoms with Gasteiger partial charge in [-0.15, -0.1) is 0 Å². The standard InChI is InChI=1S/C11H20O3/c1-2-3-4-5-6-7-8-9-10(14-9)11(12)13/h9-10H,2-8H2,1H3,(H,12,13). The number of hydrogen-bond donors (Lipinski definition) is 1. The Hall–Kier alpha value is -0.570. The van der Waals surface area contributed by atoms with Crippen LogP contribution in [0.1, 0.15) is 51.9 Å². The van der Waals surface area contributed by atoms with Crippen LogP contribution in [0, 0.1) is 0 Å². The fourth-order valence-electron chi connectivity index (χ4n) is 1.71. The lowest BCUT2D eigenvalue weighted by molar-refractivity contribution is -0.138. The second-order valence-corrected chi connectivity index (χ2v) is 3.99. The number of hydrogen-bond acceptors (Lipinski definition) is 2. The van der Waals surface area contributed by atoms with Crippen molar-refractivity contribution >= 4 is 5.97 Å². The van der Waals surface area contributed by atoms with Gasteiger partial charge in [0, 0.05) is 0 Å². The predicted octanol–water partition coefficient (Wildman–Crippen LogP) is 2.59. The van der Waals surface area contributed by atoms with E-state index >= 15 is 0 Å². The largest absolute Gasteiger partial charge is 0.479 e. The van der Waals surface area contributed by atoms with Gasteiger partial charge in [-0.2, -0.15) is 0 Å². The van der Waals surface area contributed by atoms with Crippen LogP contribution in [0.15, 0.2) is 0 Å². The zero-order valence-corrected chi connectivity index (χ0v) is 8.87. The minimum absolute atomic E-state index is 0.0127. The van der Waals surface area contributed by atoms with Crippen molar-refractivity contribution in [2.24, 2.45) is 0 Å². The van der Waals surface area contributed by atoms with Crippen LogP contribution in [-0.4, -0.2) is 23.3 Å². The zero-order chi connectivity index (χ0) is 10.4. The van der Waals surface area contributed by atoms with Crippen LogP contribution in [-0.2, 0) is 9.53 Å². The number of unbranched alkanes of at least 4 members (excludes halogenated alkanes) is 5. The van der Waals surface area contributed by atoms with Gasteiger partial charge >= 0.3 is 5.97 Å². The average Bonchev–Trinajstić information content (AvgIpc) is 2.90. The van der Waals surface area contributed by atoms with E-state index in [-0.39, 0.29) is 6.10 Å². The summed E-state index contributed by atoms with van der Waals surface area (Å²) in [6.07, 6.45) is 7.94. The summed E-state index contributed by atoms with van der Waals surface area (Å²) < 4.78 is 5.01. The first-order chi connectivity index (χ1) is 6.75. The van der Waals surface area contributed by atoms with Crippen molar-refractivity contribution in [3.63, 3.8) is 0 Å². The number of carboxylic acid groups (broad SMARTS) is 1. The predicted molar refractivity (Wildman–Crippen MR) is 54.3 cm³/mol. The highest BCUT2D eigenvalue weighted by molar-refractivity contribution is 5.75. The van der Waals surface area contributed by atoms with Crippen LogP contribution in [0.5, 0.6) is 0 Å². The first-order valence-electron chi connectivity index (χ1n) is 5.64. The molecule has 1 saturated heterocycles. The summed E-state index contributed by atoms with van der Waals surface area (Å²) in [6, 6.07) is 0. The lowest BCUT2D eigenvalue weighted by atomic mass is 10.1. The van der Waals surface area contributed by atoms with Gasteiger partial charge in [-0.25, -0.2) is 4.79 Å². The van der Waals surface area contributed by atoms with Crippen molar-refractivity contribution in [3.8, 4) is 0 Å². The van der Waals surface area contributed by atoms with Crippen molar-refractivity contribution in [1.82, 2.24) is 0 Å². The van der Waals surface area contributed by atoms with E-state index in [2.05, 4.69) is 6.92 Å². The minimum atomic E-state index is -0.805. The molecule has 82 valence electrons. The third-order valence-electron chi connectivity index (χ3n) is 2.67. The number of rotatable bonds is 8. The molecular weight excluding hydrogens is 180 g/mol. The molecule has 0 bridgehead atoms. The Morgan fingerprint density at radius 3 is 2.43 bits per heavy atom. The Labute approximate surface area is 85.5 Å². The van der Waals surface area contributed by atoms with Crippen LogP contribution < -0.4 is 0 Å². The van der Waals surface area contributed by atoms with E-state index in [0.29, 0.717) is 0 Å². The van der Waals surface area contributed by atoms with Crippen molar-refractivity contribution < 1.29 is 14.6 Å². The number of carbonyl (C=O) groups is 1. The molecule has 1 rings (SSSR count). The van der Waals surface area contributed by atoms with E-state index in [9.17, 15) is 4.79 Å². The summed E-state index contributed by atoms with van der Waals surface area (Å²) in [7, 11) is 0. The van der Waals surface area contributed by atoms with E-state index in [1.807, 2.05) is 0 Å². The first-order valence-corrected chi connectivity index (χ1v) is 5.64. The Balaban J connectivity index is 1.84. The maximum absolute atomic E-state index is 10.4. The summed E-state index contributed by atoms with van der Waals surface area (Å²) in [4.78, 5) is 10.4. The molecule has 1 fully saturated rings. The lowest BCUT2D eigenvalue weighted by Crippen LogP contribution is -2.07. The molecule has 3 nitrogen and oxygen atoms in total. The van der Waals surface area contributed by atoms with Gasteiger partial charge in [-0.1, -0.05) is 45.4 Å². The SMILES string of the molecule is CCCCCCCCC1OC1C(=O)O. The van der Waals surface area contributed by atoms with Gasteiger partial charge < -0.3 is 9.84 Å². The van der Waals surface area contributed by atoms with Crippen molar-refractivity contribution in [2.75, 3.05) is 0 Å². The highest BCUT2D eigenvalue weighted by Crippen LogP contribution is 2.27. The third kappa shape index (κ3) is 4.09. The van der Waals surface area contributed by atoms with Crippen LogP contribution >= 0.6 is 0 Å². The topological polar surface area (TPSA) is 49.8 Å². The molecule has 2 unspecified atom stereocenters. The van der Waals surface area contributed by atoms with Crippen LogP contribution in [0.3, 0.4) is 0 Å². The monoisotopic (exact) mass is 200 g/mol. The van der Waals surface area contributed by atoms with Gasteiger partial charge in [0.15, 0.2) is 6.10 Å². The second kappa shape index (κ2) is 6.02. The van der Waals surface area contributed by atoms with Crippen molar-refractivity contribution in [3.05, 3.63) is 0 Å². The highest BCUT2D eigenvalue weighted by Gasteiger charge is 2.44. The molecule has 0 aromatic heterocycles. The summed E-state index contributed by atoms with van der Waals surface area (Å²) >= 11 is 0. The highest BCUT2D eigenvalue weighted by atomic mass is 16.6. The summed E-state index contributed by atoms with van der Waals surface area (Å²) in [5.74, 6) is -0.805. The van der Waals surface area contributed by atoms with Gasteiger partial charge in [0.2, 0.25) is 0 Å². The van der Waals surface area contributed by atoms with Crippen molar-refractivity contribution in [1.29, 1.82) is 0 Å². The number of epoxide rings is 1. The molecule has 1 aliphatic rings. The minimum Gasteiger partial charge on any atom is -0.479 e. The fourth-order valence-corrected chi connectivity index (χ4v) is 1.71. The van der Waals surface area contributed by atoms with Gasteiger partial charge in [0.05, 0.1) is 6.10 Å². The molecule has 0 amide bonds. The quantitative estimate of drug-likeness (QED) is 0.484. The fraction of sp³-hybridized carbons (Fsp3) is 0.909. The van der Waals surface area contributed by atoms with Crippen LogP contribution in [0.4, 0.5) is 0 Å². The molecule has 1 N–H and O–H groups in total. The van der Waals surface area contributed by atoms with Crippen molar-refractivity contribution in [2.45, 2.75) is 64.1 Å². The molecule has 1 heterocycles. The number of carboxylic acids is 1. The molecule has 2 atom stereocenters. The zero-order valence-electron chi connectivity index (χ0n) is 8.87. The van der Waals surface area contributed by atoms with Gasteiger partial charge in [0.25, 0.3) is 0 Å². The average molecular weight is 200 g/mol. The summed E-state index contributed by atoms with van der Waals surface area (Å²) in [5.41, 5.74) is 0. The maximum Gasteiger partial charge on any atom is 0.335 e. The van der Waals surface area contributed by atoms with E-state index < -0.39 is 12.1 Å². The third-order valence-corrected chi connectivity index (χ3v) is 2.67. The molecular formula is C11H20O3. The Morgan fingerprint density at radius 2 is 1.86 bits per heavy atom. The van der Waals surface area contributed by atoms with Crippen LogP contribution in [0.2, 0.25) is 0 Å². The lowest BCUT2D eigenvalue weighted by Gasteiger charge is -1.98. The molecule has 3 heteroatoms. The maximum atomic E-state index is 10.4. The first kappa shape index (κ1) is 11.5. The van der Waals surface area contributed by atoms with E-state index in [1.165, 1.54) is 32.1 Å². The number of aliphatic carboxylic acids is 1. The Kier molecular flexibility index (Phi) is 4.94. The Bertz CT molecular complexity index is 179. The Morgan fingerprint density at radius 1 is 1.21 bits per heavy atom. The summed E-state index contributed by atoms with van der Waals surface area (Å²) in [5, 5.41) is 8.57. The van der Waals surface area contributed by atoms with Gasteiger partial charge in [-0.3, -0.25) is 0 Å². The second-order valence-electron chi connectivity index (χ2n) is 3.99. The molecule has 0 aliphatic carbocycles. The number of ether oxygens (including phenoxy) is 1. The van der Waals surface area contributed by atoms with Crippen LogP contribution in [0.25, 0.3) is 0 Å². The molecule has 0 spiro atoms. The molecule has 0 aromatic carbocycles. The summed E-state index contributed by atoms with van der Waals surface area (Å²) in [6.45, 7) is 2.20. The van der Waals surface area contributed by atoms with Gasteiger partial charge in [0.1, 0.15) is 0 Å². The molecule has 14 heavy (non-hydrogen) atoms. The normalized spacial score (nSPS) is 24.9. The van der Waals surface area contributed by atoms with E-state index in [1.54, 1.807) is 0 Å². The van der Waals surface area contributed by atoms with E-state index in [0.717, 1.165) is 12.8 Å². The molecule has 0 radical (unpaired) electrons. The molecule has 1 aliphatic heterocycles. The molecule has 0 aromatic rings. The van der Waals surface area contributed by atoms with E-state index in [4.69, 9.17) is 9.84 Å². The smallest absolute Gasteiger partial charge is 0.335 e.